The van der Waals surface area contributed by atoms with Crippen molar-refractivity contribution in [3.8, 4) is 0 Å². The second-order valence-electron chi connectivity index (χ2n) is 4.65. The van der Waals surface area contributed by atoms with Gasteiger partial charge >= 0.3 is 0 Å². The van der Waals surface area contributed by atoms with Gasteiger partial charge in [-0.2, -0.15) is 0 Å². The summed E-state index contributed by atoms with van der Waals surface area (Å²) in [6.45, 7) is 3.23. The van der Waals surface area contributed by atoms with Crippen LogP contribution in [0.5, 0.6) is 0 Å². The summed E-state index contributed by atoms with van der Waals surface area (Å²) < 4.78 is 2.19. The molecule has 3 heteroatoms. The number of rotatable bonds is 5. The minimum Gasteiger partial charge on any atom is -0.384 e. The van der Waals surface area contributed by atoms with Crippen LogP contribution in [0.2, 0.25) is 0 Å². The van der Waals surface area contributed by atoms with Crippen LogP contribution in [0.25, 0.3) is 0 Å². The van der Waals surface area contributed by atoms with E-state index in [1.54, 1.807) is 0 Å². The Balaban J connectivity index is 1.88. The summed E-state index contributed by atoms with van der Waals surface area (Å²) in [6.07, 6.45) is 1.11. The lowest BCUT2D eigenvalue weighted by Gasteiger charge is -2.14. The number of benzene rings is 2. The second-order valence-corrected chi connectivity index (χ2v) is 6.42. The average Bonchev–Trinajstić information content (AvgIpc) is 2.43. The molecule has 0 heterocycles. The summed E-state index contributed by atoms with van der Waals surface area (Å²) >= 11 is 7.05. The fraction of sp³-hybridized carbons (Fsp3) is 0.250. The van der Waals surface area contributed by atoms with E-state index in [-0.39, 0.29) is 0 Å². The Bertz CT molecular complexity index is 526. The average molecular weight is 383 g/mol. The van der Waals surface area contributed by atoms with Gasteiger partial charge in [-0.1, -0.05) is 53.2 Å². The van der Waals surface area contributed by atoms with Crippen molar-refractivity contribution in [2.24, 2.45) is 0 Å². The molecule has 1 nitrogen and oxygen atoms in total. The van der Waals surface area contributed by atoms with Crippen LogP contribution in [-0.2, 0) is 0 Å². The second kappa shape index (κ2) is 7.11. The first kappa shape index (κ1) is 14.6. The molecule has 1 atom stereocenters. The van der Waals surface area contributed by atoms with Crippen LogP contribution in [0.3, 0.4) is 0 Å². The summed E-state index contributed by atoms with van der Waals surface area (Å²) in [4.78, 5) is 0. The highest BCUT2D eigenvalue weighted by Gasteiger charge is 2.05. The number of hydrogen-bond donors (Lipinski definition) is 1. The zero-order valence-electron chi connectivity index (χ0n) is 10.9. The van der Waals surface area contributed by atoms with E-state index >= 15 is 0 Å². The van der Waals surface area contributed by atoms with E-state index in [0.29, 0.717) is 5.92 Å². The van der Waals surface area contributed by atoms with Gasteiger partial charge in [0.1, 0.15) is 0 Å². The van der Waals surface area contributed by atoms with E-state index in [4.69, 9.17) is 0 Å². The van der Waals surface area contributed by atoms with Gasteiger partial charge in [-0.3, -0.25) is 0 Å². The minimum absolute atomic E-state index is 0.569. The Morgan fingerprint density at radius 3 is 2.53 bits per heavy atom. The molecule has 0 fully saturated rings. The van der Waals surface area contributed by atoms with Crippen molar-refractivity contribution in [2.75, 3.05) is 11.9 Å². The maximum atomic E-state index is 3.56. The molecule has 0 saturated carbocycles. The monoisotopic (exact) mass is 381 g/mol. The van der Waals surface area contributed by atoms with Gasteiger partial charge in [0.05, 0.1) is 0 Å². The Morgan fingerprint density at radius 1 is 1.05 bits per heavy atom. The molecule has 0 aliphatic heterocycles. The Labute approximate surface area is 131 Å². The van der Waals surface area contributed by atoms with Gasteiger partial charge in [0.25, 0.3) is 0 Å². The van der Waals surface area contributed by atoms with Crippen molar-refractivity contribution in [1.29, 1.82) is 0 Å². The molecule has 2 aromatic carbocycles. The lowest BCUT2D eigenvalue weighted by atomic mass is 9.98. The maximum absolute atomic E-state index is 3.56. The maximum Gasteiger partial charge on any atom is 0.0495 e. The van der Waals surface area contributed by atoms with Crippen molar-refractivity contribution in [3.05, 3.63) is 63.0 Å². The molecule has 0 aliphatic rings. The number of anilines is 1. The molecule has 0 spiro atoms. The summed E-state index contributed by atoms with van der Waals surface area (Å²) in [6, 6.07) is 16.8. The molecule has 0 radical (unpaired) electrons. The smallest absolute Gasteiger partial charge is 0.0495 e. The molecule has 0 saturated heterocycles. The summed E-state index contributed by atoms with van der Waals surface area (Å²) in [5.74, 6) is 0.569. The first-order valence-corrected chi connectivity index (χ1v) is 7.99. The SMILES string of the molecule is CC(CCNc1cc(Br)ccc1Br)c1ccccc1. The van der Waals surface area contributed by atoms with E-state index in [1.807, 2.05) is 12.1 Å². The van der Waals surface area contributed by atoms with Crippen molar-refractivity contribution < 1.29 is 0 Å². The standard InChI is InChI=1S/C16H17Br2N/c1-12(13-5-3-2-4-6-13)9-10-19-16-11-14(17)7-8-15(16)18/h2-8,11-12,19H,9-10H2,1H3. The van der Waals surface area contributed by atoms with Crippen LogP contribution in [0.4, 0.5) is 5.69 Å². The van der Waals surface area contributed by atoms with Gasteiger partial charge < -0.3 is 5.32 Å². The largest absolute Gasteiger partial charge is 0.384 e. The third-order valence-electron chi connectivity index (χ3n) is 3.19. The van der Waals surface area contributed by atoms with Gasteiger partial charge in [-0.15, -0.1) is 0 Å². The molecular formula is C16H17Br2N. The van der Waals surface area contributed by atoms with Crippen molar-refractivity contribution in [1.82, 2.24) is 0 Å². The fourth-order valence-corrected chi connectivity index (χ4v) is 2.75. The summed E-state index contributed by atoms with van der Waals surface area (Å²) in [5.41, 5.74) is 2.53. The third-order valence-corrected chi connectivity index (χ3v) is 4.37. The molecule has 19 heavy (non-hydrogen) atoms. The van der Waals surface area contributed by atoms with Crippen LogP contribution in [0.1, 0.15) is 24.8 Å². The molecule has 0 amide bonds. The number of halogens is 2. The Morgan fingerprint density at radius 2 is 1.79 bits per heavy atom. The molecule has 100 valence electrons. The quantitative estimate of drug-likeness (QED) is 0.687. The van der Waals surface area contributed by atoms with Crippen LogP contribution >= 0.6 is 31.9 Å². The number of hydrogen-bond acceptors (Lipinski definition) is 1. The van der Waals surface area contributed by atoms with Crippen LogP contribution < -0.4 is 5.32 Å². The van der Waals surface area contributed by atoms with E-state index in [0.717, 1.165) is 27.6 Å². The highest BCUT2D eigenvalue weighted by atomic mass is 79.9. The highest BCUT2D eigenvalue weighted by Crippen LogP contribution is 2.26. The number of nitrogens with one attached hydrogen (secondary N) is 1. The minimum atomic E-state index is 0.569. The molecule has 2 rings (SSSR count). The van der Waals surface area contributed by atoms with Gasteiger partial charge in [0.2, 0.25) is 0 Å². The zero-order chi connectivity index (χ0) is 13.7. The topological polar surface area (TPSA) is 12.0 Å². The van der Waals surface area contributed by atoms with Gasteiger partial charge in [-0.25, -0.2) is 0 Å². The molecular weight excluding hydrogens is 366 g/mol. The molecule has 1 N–H and O–H groups in total. The summed E-state index contributed by atoms with van der Waals surface area (Å²) in [5, 5.41) is 3.48. The lowest BCUT2D eigenvalue weighted by molar-refractivity contribution is 0.706. The normalized spacial score (nSPS) is 12.2. The molecule has 1 unspecified atom stereocenters. The van der Waals surface area contributed by atoms with E-state index < -0.39 is 0 Å². The molecule has 0 aliphatic carbocycles. The van der Waals surface area contributed by atoms with Gasteiger partial charge in [0, 0.05) is 21.2 Å². The predicted molar refractivity (Wildman–Crippen MR) is 89.8 cm³/mol. The van der Waals surface area contributed by atoms with Crippen molar-refractivity contribution >= 4 is 37.5 Å². The third kappa shape index (κ3) is 4.36. The zero-order valence-corrected chi connectivity index (χ0v) is 14.0. The van der Waals surface area contributed by atoms with E-state index in [2.05, 4.69) is 80.5 Å². The predicted octanol–water partition coefficient (Wildman–Crippen LogP) is 5.82. The fourth-order valence-electron chi connectivity index (χ4n) is 2.00. The van der Waals surface area contributed by atoms with Crippen molar-refractivity contribution in [3.63, 3.8) is 0 Å². The van der Waals surface area contributed by atoms with Gasteiger partial charge in [-0.05, 0) is 52.0 Å². The van der Waals surface area contributed by atoms with Gasteiger partial charge in [0.15, 0.2) is 0 Å². The Hall–Kier alpha value is -0.800. The first-order valence-electron chi connectivity index (χ1n) is 6.40. The molecule has 0 bridgehead atoms. The Kier molecular flexibility index (Phi) is 5.46. The molecule has 0 aromatic heterocycles. The lowest BCUT2D eigenvalue weighted by Crippen LogP contribution is -2.06. The highest BCUT2D eigenvalue weighted by molar-refractivity contribution is 9.11. The first-order chi connectivity index (χ1) is 9.16. The van der Waals surface area contributed by atoms with Crippen LogP contribution in [0, 0.1) is 0 Å². The van der Waals surface area contributed by atoms with Crippen LogP contribution in [-0.4, -0.2) is 6.54 Å². The summed E-state index contributed by atoms with van der Waals surface area (Å²) in [7, 11) is 0. The van der Waals surface area contributed by atoms with Crippen molar-refractivity contribution in [2.45, 2.75) is 19.3 Å². The van der Waals surface area contributed by atoms with E-state index in [9.17, 15) is 0 Å². The van der Waals surface area contributed by atoms with Crippen LogP contribution in [0.15, 0.2) is 57.5 Å². The van der Waals surface area contributed by atoms with E-state index in [1.165, 1.54) is 5.56 Å². The molecule has 2 aromatic rings.